The molecule has 1 aromatic heterocycles. The largest absolute Gasteiger partial charge is 0.573 e. The molecule has 0 unspecified atom stereocenters. The first-order chi connectivity index (χ1) is 11.5. The molecule has 4 nitrogen and oxygen atoms in total. The molecule has 0 aliphatic heterocycles. The molecule has 0 spiro atoms. The Morgan fingerprint density at radius 3 is 2.54 bits per heavy atom. The van der Waals surface area contributed by atoms with Gasteiger partial charge >= 0.3 is 6.36 Å². The van der Waals surface area contributed by atoms with Crippen LogP contribution in [0, 0.1) is 0 Å². The quantitative estimate of drug-likeness (QED) is 0.627. The van der Waals surface area contributed by atoms with E-state index < -0.39 is 6.36 Å². The first-order valence-corrected chi connectivity index (χ1v) is 7.62. The molecule has 0 aliphatic carbocycles. The number of anilines is 1. The molecule has 0 atom stereocenters. The lowest BCUT2D eigenvalue weighted by Gasteiger charge is -2.09. The van der Waals surface area contributed by atoms with Crippen molar-refractivity contribution in [2.45, 2.75) is 11.3 Å². The molecule has 0 saturated carbocycles. The highest BCUT2D eigenvalue weighted by atomic mass is 32.2. The van der Waals surface area contributed by atoms with Crippen molar-refractivity contribution in [3.8, 4) is 17.1 Å². The highest BCUT2D eigenvalue weighted by molar-refractivity contribution is 8.00. The van der Waals surface area contributed by atoms with Crippen molar-refractivity contribution in [1.29, 1.82) is 0 Å². The van der Waals surface area contributed by atoms with Crippen LogP contribution in [0.1, 0.15) is 0 Å². The Morgan fingerprint density at radius 2 is 1.79 bits per heavy atom. The third-order valence-electron chi connectivity index (χ3n) is 2.88. The van der Waals surface area contributed by atoms with E-state index in [0.29, 0.717) is 16.5 Å². The van der Waals surface area contributed by atoms with Crippen molar-refractivity contribution >= 4 is 17.8 Å². The van der Waals surface area contributed by atoms with Gasteiger partial charge in [0, 0.05) is 16.5 Å². The normalized spacial score (nSPS) is 11.3. The molecule has 0 amide bonds. The molecular formula is C16H11F3N2O2S. The van der Waals surface area contributed by atoms with Crippen LogP contribution in [0.25, 0.3) is 11.3 Å². The SMILES string of the molecule is FC(F)(F)Oc1cccc(SNc2cc(-c3ccccc3)on2)c1. The van der Waals surface area contributed by atoms with Crippen molar-refractivity contribution in [3.05, 3.63) is 60.7 Å². The average molecular weight is 352 g/mol. The molecule has 0 fully saturated rings. The summed E-state index contributed by atoms with van der Waals surface area (Å²) in [7, 11) is 0. The second-order valence-corrected chi connectivity index (χ2v) is 5.55. The van der Waals surface area contributed by atoms with Gasteiger partial charge in [-0.3, -0.25) is 0 Å². The molecule has 0 bridgehead atoms. The van der Waals surface area contributed by atoms with Crippen molar-refractivity contribution in [1.82, 2.24) is 5.16 Å². The first-order valence-electron chi connectivity index (χ1n) is 6.80. The van der Waals surface area contributed by atoms with Crippen LogP contribution in [0.15, 0.2) is 70.1 Å². The predicted molar refractivity (Wildman–Crippen MR) is 84.5 cm³/mol. The Bertz CT molecular complexity index is 806. The Balaban J connectivity index is 1.64. The lowest BCUT2D eigenvalue weighted by molar-refractivity contribution is -0.274. The van der Waals surface area contributed by atoms with E-state index in [4.69, 9.17) is 4.52 Å². The van der Waals surface area contributed by atoms with E-state index in [1.807, 2.05) is 30.3 Å². The fraction of sp³-hybridized carbons (Fsp3) is 0.0625. The van der Waals surface area contributed by atoms with E-state index >= 15 is 0 Å². The van der Waals surface area contributed by atoms with Gasteiger partial charge in [0.25, 0.3) is 0 Å². The standard InChI is InChI=1S/C16H11F3N2O2S/c17-16(18,19)22-12-7-4-8-13(9-12)24-21-15-10-14(23-20-15)11-5-2-1-3-6-11/h1-10H,(H,20,21). The van der Waals surface area contributed by atoms with Crippen molar-refractivity contribution in [3.63, 3.8) is 0 Å². The summed E-state index contributed by atoms with van der Waals surface area (Å²) in [5.74, 6) is 0.772. The minimum absolute atomic E-state index is 0.278. The summed E-state index contributed by atoms with van der Waals surface area (Å²) < 4.78 is 48.7. The number of aromatic nitrogens is 1. The van der Waals surface area contributed by atoms with Gasteiger partial charge in [0.05, 0.1) is 0 Å². The van der Waals surface area contributed by atoms with Crippen LogP contribution in [0.4, 0.5) is 19.0 Å². The summed E-state index contributed by atoms with van der Waals surface area (Å²) in [6.07, 6.45) is -4.71. The second-order valence-electron chi connectivity index (χ2n) is 4.67. The van der Waals surface area contributed by atoms with Gasteiger partial charge in [-0.1, -0.05) is 41.6 Å². The zero-order valence-electron chi connectivity index (χ0n) is 12.1. The number of rotatable bonds is 5. The fourth-order valence-corrected chi connectivity index (χ4v) is 2.55. The predicted octanol–water partition coefficient (Wildman–Crippen LogP) is 5.36. The zero-order chi connectivity index (χ0) is 17.0. The molecule has 2 aromatic carbocycles. The number of ether oxygens (including phenoxy) is 1. The van der Waals surface area contributed by atoms with Gasteiger partial charge in [0.1, 0.15) is 5.75 Å². The molecule has 0 radical (unpaired) electrons. The van der Waals surface area contributed by atoms with Crippen LogP contribution in [0.3, 0.4) is 0 Å². The minimum atomic E-state index is -4.71. The highest BCUT2D eigenvalue weighted by Crippen LogP contribution is 2.29. The van der Waals surface area contributed by atoms with Crippen LogP contribution in [-0.4, -0.2) is 11.5 Å². The average Bonchev–Trinajstić information content (AvgIpc) is 3.01. The Morgan fingerprint density at radius 1 is 1.00 bits per heavy atom. The number of benzene rings is 2. The minimum Gasteiger partial charge on any atom is -0.406 e. The maximum atomic E-state index is 12.2. The number of hydrogen-bond donors (Lipinski definition) is 1. The first kappa shape index (κ1) is 16.3. The zero-order valence-corrected chi connectivity index (χ0v) is 12.9. The smallest absolute Gasteiger partial charge is 0.406 e. The van der Waals surface area contributed by atoms with Crippen LogP contribution < -0.4 is 9.46 Å². The monoisotopic (exact) mass is 352 g/mol. The third-order valence-corrected chi connectivity index (χ3v) is 3.68. The van der Waals surface area contributed by atoms with Gasteiger partial charge in [0.2, 0.25) is 0 Å². The topological polar surface area (TPSA) is 47.3 Å². The van der Waals surface area contributed by atoms with E-state index in [0.717, 1.165) is 17.5 Å². The molecule has 124 valence electrons. The molecule has 3 aromatic rings. The molecule has 0 aliphatic rings. The van der Waals surface area contributed by atoms with Crippen LogP contribution >= 0.6 is 11.9 Å². The van der Waals surface area contributed by atoms with Crippen LogP contribution in [0.2, 0.25) is 0 Å². The summed E-state index contributed by atoms with van der Waals surface area (Å²) in [6, 6.07) is 16.8. The number of halogens is 3. The summed E-state index contributed by atoms with van der Waals surface area (Å²) in [6.45, 7) is 0. The van der Waals surface area contributed by atoms with E-state index in [1.165, 1.54) is 18.2 Å². The van der Waals surface area contributed by atoms with Crippen molar-refractivity contribution in [2.24, 2.45) is 0 Å². The van der Waals surface area contributed by atoms with Crippen molar-refractivity contribution < 1.29 is 22.4 Å². The Kier molecular flexibility index (Phi) is 4.66. The lowest BCUT2D eigenvalue weighted by Crippen LogP contribution is -2.17. The summed E-state index contributed by atoms with van der Waals surface area (Å²) in [5.41, 5.74) is 0.878. The van der Waals surface area contributed by atoms with E-state index in [2.05, 4.69) is 14.6 Å². The van der Waals surface area contributed by atoms with Gasteiger partial charge < -0.3 is 14.0 Å². The van der Waals surface area contributed by atoms with Crippen molar-refractivity contribution in [2.75, 3.05) is 4.72 Å². The van der Waals surface area contributed by atoms with E-state index in [-0.39, 0.29) is 5.75 Å². The Labute approximate surface area is 139 Å². The third kappa shape index (κ3) is 4.45. The highest BCUT2D eigenvalue weighted by Gasteiger charge is 2.31. The van der Waals surface area contributed by atoms with Crippen LogP contribution in [0.5, 0.6) is 5.75 Å². The molecule has 24 heavy (non-hydrogen) atoms. The lowest BCUT2D eigenvalue weighted by atomic mass is 10.2. The molecular weight excluding hydrogens is 341 g/mol. The van der Waals surface area contributed by atoms with Gasteiger partial charge in [-0.15, -0.1) is 13.2 Å². The molecule has 3 rings (SSSR count). The summed E-state index contributed by atoms with van der Waals surface area (Å²) >= 11 is 1.10. The van der Waals surface area contributed by atoms with Crippen LogP contribution in [-0.2, 0) is 0 Å². The number of hydrogen-bond acceptors (Lipinski definition) is 5. The van der Waals surface area contributed by atoms with E-state index in [9.17, 15) is 13.2 Å². The van der Waals surface area contributed by atoms with Gasteiger partial charge in [-0.25, -0.2) is 0 Å². The Hall–Kier alpha value is -2.61. The van der Waals surface area contributed by atoms with E-state index in [1.54, 1.807) is 12.1 Å². The maximum absolute atomic E-state index is 12.2. The number of nitrogens with one attached hydrogen (secondary N) is 1. The van der Waals surface area contributed by atoms with Gasteiger partial charge in [-0.05, 0) is 30.1 Å². The fourth-order valence-electron chi connectivity index (χ4n) is 1.91. The molecule has 1 N–H and O–H groups in total. The number of alkyl halides is 3. The maximum Gasteiger partial charge on any atom is 0.573 e. The van der Waals surface area contributed by atoms with Gasteiger partial charge in [-0.2, -0.15) is 0 Å². The number of nitrogens with zero attached hydrogens (tertiary/aromatic N) is 1. The van der Waals surface area contributed by atoms with Gasteiger partial charge in [0.15, 0.2) is 11.6 Å². The summed E-state index contributed by atoms with van der Waals surface area (Å²) in [5, 5.41) is 3.87. The summed E-state index contributed by atoms with van der Waals surface area (Å²) in [4.78, 5) is 0.543. The molecule has 8 heteroatoms. The molecule has 0 saturated heterocycles. The second kappa shape index (κ2) is 6.88. The molecule has 1 heterocycles.